The summed E-state index contributed by atoms with van der Waals surface area (Å²) in [6, 6.07) is 9.89. The molecule has 0 amide bonds. The first kappa shape index (κ1) is 9.80. The summed E-state index contributed by atoms with van der Waals surface area (Å²) in [5.41, 5.74) is 3.55. The van der Waals surface area contributed by atoms with Crippen molar-refractivity contribution in [3.8, 4) is 11.3 Å². The van der Waals surface area contributed by atoms with E-state index >= 15 is 0 Å². The van der Waals surface area contributed by atoms with Crippen molar-refractivity contribution in [2.24, 2.45) is 0 Å². The molecule has 2 aromatic rings. The zero-order chi connectivity index (χ0) is 10.7. The number of aromatic nitrogens is 2. The third-order valence-corrected chi connectivity index (χ3v) is 2.39. The molecule has 0 radical (unpaired) electrons. The summed E-state index contributed by atoms with van der Waals surface area (Å²) < 4.78 is 0. The first-order valence-electron chi connectivity index (χ1n) is 4.79. The average molecular weight is 200 g/mol. The van der Waals surface area contributed by atoms with Gasteiger partial charge in [-0.05, 0) is 12.5 Å². The van der Waals surface area contributed by atoms with Crippen LogP contribution in [-0.4, -0.2) is 15.1 Å². The SMILES string of the molecule is Cc1c(CO)ncnc1-c1ccccc1. The fraction of sp³-hybridized carbons (Fsp3) is 0.167. The molecule has 1 aromatic carbocycles. The number of aliphatic hydroxyl groups is 1. The van der Waals surface area contributed by atoms with E-state index in [1.165, 1.54) is 6.33 Å². The van der Waals surface area contributed by atoms with E-state index in [1.807, 2.05) is 37.3 Å². The Morgan fingerprint density at radius 3 is 2.53 bits per heavy atom. The maximum atomic E-state index is 9.10. The summed E-state index contributed by atoms with van der Waals surface area (Å²) in [6.07, 6.45) is 1.49. The maximum Gasteiger partial charge on any atom is 0.116 e. The highest BCUT2D eigenvalue weighted by Crippen LogP contribution is 2.21. The van der Waals surface area contributed by atoms with E-state index in [1.54, 1.807) is 0 Å². The Hall–Kier alpha value is -1.74. The third-order valence-electron chi connectivity index (χ3n) is 2.39. The van der Waals surface area contributed by atoms with Crippen LogP contribution in [0.5, 0.6) is 0 Å². The standard InChI is InChI=1S/C12H12N2O/c1-9-11(7-15)13-8-14-12(9)10-5-3-2-4-6-10/h2-6,8,15H,7H2,1H3. The number of hydrogen-bond donors (Lipinski definition) is 1. The number of benzene rings is 1. The highest BCUT2D eigenvalue weighted by molar-refractivity contribution is 5.62. The Morgan fingerprint density at radius 1 is 1.13 bits per heavy atom. The summed E-state index contributed by atoms with van der Waals surface area (Å²) in [7, 11) is 0. The van der Waals surface area contributed by atoms with Gasteiger partial charge in [0.15, 0.2) is 0 Å². The van der Waals surface area contributed by atoms with Crippen molar-refractivity contribution in [2.45, 2.75) is 13.5 Å². The Bertz CT molecular complexity index is 454. The summed E-state index contributed by atoms with van der Waals surface area (Å²) in [4.78, 5) is 8.26. The summed E-state index contributed by atoms with van der Waals surface area (Å²) in [5.74, 6) is 0. The highest BCUT2D eigenvalue weighted by atomic mass is 16.3. The molecule has 1 N–H and O–H groups in total. The van der Waals surface area contributed by atoms with Crippen LogP contribution in [-0.2, 0) is 6.61 Å². The molecule has 0 unspecified atom stereocenters. The zero-order valence-electron chi connectivity index (χ0n) is 8.51. The molecule has 15 heavy (non-hydrogen) atoms. The van der Waals surface area contributed by atoms with Gasteiger partial charge in [0.2, 0.25) is 0 Å². The van der Waals surface area contributed by atoms with Crippen LogP contribution < -0.4 is 0 Å². The average Bonchev–Trinajstić information content (AvgIpc) is 2.30. The monoisotopic (exact) mass is 200 g/mol. The molecule has 1 aromatic heterocycles. The van der Waals surface area contributed by atoms with Gasteiger partial charge in [0.1, 0.15) is 6.33 Å². The normalized spacial score (nSPS) is 10.3. The lowest BCUT2D eigenvalue weighted by Crippen LogP contribution is -1.98. The molecule has 0 spiro atoms. The van der Waals surface area contributed by atoms with Gasteiger partial charge in [0.05, 0.1) is 18.0 Å². The number of rotatable bonds is 2. The second-order valence-electron chi connectivity index (χ2n) is 3.32. The van der Waals surface area contributed by atoms with Crippen LogP contribution in [0.2, 0.25) is 0 Å². The Labute approximate surface area is 88.5 Å². The van der Waals surface area contributed by atoms with E-state index in [9.17, 15) is 0 Å². The van der Waals surface area contributed by atoms with Crippen LogP contribution in [0.4, 0.5) is 0 Å². The molecular formula is C12H12N2O. The van der Waals surface area contributed by atoms with Crippen molar-refractivity contribution >= 4 is 0 Å². The van der Waals surface area contributed by atoms with Crippen molar-refractivity contribution in [1.29, 1.82) is 0 Å². The van der Waals surface area contributed by atoms with Gasteiger partial charge in [-0.1, -0.05) is 30.3 Å². The molecule has 1 heterocycles. The zero-order valence-corrected chi connectivity index (χ0v) is 8.51. The lowest BCUT2D eigenvalue weighted by molar-refractivity contribution is 0.276. The van der Waals surface area contributed by atoms with Crippen molar-refractivity contribution in [3.05, 3.63) is 47.9 Å². The van der Waals surface area contributed by atoms with Crippen molar-refractivity contribution in [3.63, 3.8) is 0 Å². The van der Waals surface area contributed by atoms with E-state index in [0.717, 1.165) is 16.8 Å². The van der Waals surface area contributed by atoms with Gasteiger partial charge < -0.3 is 5.11 Å². The minimum Gasteiger partial charge on any atom is -0.390 e. The van der Waals surface area contributed by atoms with Gasteiger partial charge in [-0.15, -0.1) is 0 Å². The molecule has 0 saturated heterocycles. The predicted octanol–water partition coefficient (Wildman–Crippen LogP) is 1.94. The van der Waals surface area contributed by atoms with Crippen LogP contribution in [0.15, 0.2) is 36.7 Å². The second-order valence-corrected chi connectivity index (χ2v) is 3.32. The van der Waals surface area contributed by atoms with Crippen molar-refractivity contribution < 1.29 is 5.11 Å². The smallest absolute Gasteiger partial charge is 0.116 e. The Morgan fingerprint density at radius 2 is 1.87 bits per heavy atom. The molecule has 0 aliphatic heterocycles. The topological polar surface area (TPSA) is 46.0 Å². The van der Waals surface area contributed by atoms with Gasteiger partial charge in [-0.25, -0.2) is 9.97 Å². The van der Waals surface area contributed by atoms with Gasteiger partial charge >= 0.3 is 0 Å². The second kappa shape index (κ2) is 4.19. The molecule has 0 bridgehead atoms. The first-order chi connectivity index (χ1) is 7.33. The molecule has 0 atom stereocenters. The molecule has 3 nitrogen and oxygen atoms in total. The fourth-order valence-electron chi connectivity index (χ4n) is 1.53. The van der Waals surface area contributed by atoms with Gasteiger partial charge in [-0.3, -0.25) is 0 Å². The third kappa shape index (κ3) is 1.87. The molecule has 0 aliphatic rings. The van der Waals surface area contributed by atoms with Crippen LogP contribution >= 0.6 is 0 Å². The molecule has 3 heteroatoms. The fourth-order valence-corrected chi connectivity index (χ4v) is 1.53. The minimum atomic E-state index is -0.0474. The van der Waals surface area contributed by atoms with E-state index in [-0.39, 0.29) is 6.61 Å². The van der Waals surface area contributed by atoms with E-state index in [4.69, 9.17) is 5.11 Å². The number of nitrogens with zero attached hydrogens (tertiary/aromatic N) is 2. The first-order valence-corrected chi connectivity index (χ1v) is 4.79. The summed E-state index contributed by atoms with van der Waals surface area (Å²) in [6.45, 7) is 1.88. The van der Waals surface area contributed by atoms with Crippen molar-refractivity contribution in [1.82, 2.24) is 9.97 Å². The largest absolute Gasteiger partial charge is 0.390 e. The van der Waals surface area contributed by atoms with Gasteiger partial charge in [0, 0.05) is 5.56 Å². The van der Waals surface area contributed by atoms with E-state index in [0.29, 0.717) is 5.69 Å². The van der Waals surface area contributed by atoms with Crippen LogP contribution in [0, 0.1) is 6.92 Å². The van der Waals surface area contributed by atoms with Gasteiger partial charge in [-0.2, -0.15) is 0 Å². The quantitative estimate of drug-likeness (QED) is 0.805. The lowest BCUT2D eigenvalue weighted by atomic mass is 10.1. The molecule has 0 fully saturated rings. The van der Waals surface area contributed by atoms with Crippen LogP contribution in [0.1, 0.15) is 11.3 Å². The molecule has 76 valence electrons. The Balaban J connectivity index is 2.54. The predicted molar refractivity (Wildman–Crippen MR) is 58.1 cm³/mol. The number of hydrogen-bond acceptors (Lipinski definition) is 3. The number of aliphatic hydroxyl groups excluding tert-OH is 1. The van der Waals surface area contributed by atoms with Crippen LogP contribution in [0.25, 0.3) is 11.3 Å². The van der Waals surface area contributed by atoms with E-state index < -0.39 is 0 Å². The maximum absolute atomic E-state index is 9.10. The van der Waals surface area contributed by atoms with Gasteiger partial charge in [0.25, 0.3) is 0 Å². The molecule has 0 saturated carbocycles. The summed E-state index contributed by atoms with van der Waals surface area (Å²) >= 11 is 0. The van der Waals surface area contributed by atoms with Crippen LogP contribution in [0.3, 0.4) is 0 Å². The molecule has 2 rings (SSSR count). The highest BCUT2D eigenvalue weighted by Gasteiger charge is 2.07. The lowest BCUT2D eigenvalue weighted by Gasteiger charge is -2.07. The molecular weight excluding hydrogens is 188 g/mol. The molecule has 0 aliphatic carbocycles. The Kier molecular flexibility index (Phi) is 2.74. The van der Waals surface area contributed by atoms with Crippen molar-refractivity contribution in [2.75, 3.05) is 0 Å². The van der Waals surface area contributed by atoms with E-state index in [2.05, 4.69) is 9.97 Å². The summed E-state index contributed by atoms with van der Waals surface area (Å²) in [5, 5.41) is 9.10. The minimum absolute atomic E-state index is 0.0474.